The molecule has 1 unspecified atom stereocenters. The van der Waals surface area contributed by atoms with Gasteiger partial charge in [-0.1, -0.05) is 0 Å². The number of hydrogen-bond acceptors (Lipinski definition) is 2. The molecule has 0 heterocycles. The van der Waals surface area contributed by atoms with E-state index < -0.39 is 0 Å². The van der Waals surface area contributed by atoms with E-state index in [0.717, 1.165) is 18.2 Å². The second-order valence-corrected chi connectivity index (χ2v) is 3.36. The minimum absolute atomic E-state index is 0.276. The molecule has 0 aromatic rings. The third kappa shape index (κ3) is 5.05. The number of rotatable bonds is 5. The fraction of sp³-hybridized carbons (Fsp3) is 0.889. The summed E-state index contributed by atoms with van der Waals surface area (Å²) in [4.78, 5) is 2.11. The zero-order valence-corrected chi connectivity index (χ0v) is 9.78. The lowest BCUT2D eigenvalue weighted by atomic mass is 10.4. The van der Waals surface area contributed by atoms with Crippen molar-refractivity contribution < 1.29 is 4.74 Å². The fourth-order valence-corrected chi connectivity index (χ4v) is 1.56. The van der Waals surface area contributed by atoms with Crippen LogP contribution < -0.4 is 5.32 Å². The van der Waals surface area contributed by atoms with Gasteiger partial charge in [0.1, 0.15) is 0 Å². The first kappa shape index (κ1) is 12.7. The monoisotopic (exact) mass is 204 g/mol. The van der Waals surface area contributed by atoms with Crippen molar-refractivity contribution in [2.45, 2.75) is 26.8 Å². The molecule has 0 aromatic heterocycles. The highest BCUT2D eigenvalue weighted by molar-refractivity contribution is 7.80. The number of nitrogens with zero attached hydrogens (tertiary/aromatic N) is 1. The highest BCUT2D eigenvalue weighted by Crippen LogP contribution is 1.91. The van der Waals surface area contributed by atoms with Crippen LogP contribution in [-0.2, 0) is 4.74 Å². The van der Waals surface area contributed by atoms with Crippen LogP contribution in [0.1, 0.15) is 20.8 Å². The minimum atomic E-state index is 0.276. The summed E-state index contributed by atoms with van der Waals surface area (Å²) < 4.78 is 5.01. The molecule has 0 rings (SSSR count). The number of thiocarbonyl (C=S) groups is 1. The molecule has 13 heavy (non-hydrogen) atoms. The molecule has 3 nitrogen and oxygen atoms in total. The van der Waals surface area contributed by atoms with Crippen LogP contribution in [0.4, 0.5) is 0 Å². The first-order valence-corrected chi connectivity index (χ1v) is 5.10. The van der Waals surface area contributed by atoms with Crippen LogP contribution in [0.3, 0.4) is 0 Å². The maximum Gasteiger partial charge on any atom is 0.169 e. The zero-order valence-electron chi connectivity index (χ0n) is 8.96. The van der Waals surface area contributed by atoms with E-state index in [4.69, 9.17) is 17.0 Å². The Morgan fingerprint density at radius 3 is 2.38 bits per heavy atom. The van der Waals surface area contributed by atoms with Gasteiger partial charge in [0.15, 0.2) is 5.11 Å². The first-order valence-electron chi connectivity index (χ1n) is 4.70. The fourth-order valence-electron chi connectivity index (χ4n) is 1.10. The lowest BCUT2D eigenvalue weighted by Crippen LogP contribution is -2.44. The Bertz CT molecular complexity index is 149. The summed E-state index contributed by atoms with van der Waals surface area (Å²) in [5, 5.41) is 4.03. The number of hydrogen-bond donors (Lipinski definition) is 1. The average Bonchev–Trinajstić information content (AvgIpc) is 2.06. The minimum Gasteiger partial charge on any atom is -0.383 e. The molecule has 0 bridgehead atoms. The molecule has 0 spiro atoms. The summed E-state index contributed by atoms with van der Waals surface area (Å²) in [7, 11) is 1.69. The van der Waals surface area contributed by atoms with Crippen molar-refractivity contribution in [1.82, 2.24) is 10.2 Å². The zero-order chi connectivity index (χ0) is 10.3. The van der Waals surface area contributed by atoms with Gasteiger partial charge in [0.2, 0.25) is 0 Å². The molecule has 0 aromatic carbocycles. The standard InChI is InChI=1S/C9H20N2OS/c1-5-11(6-2)9(13)10-8(3)7-12-4/h8H,5-7H2,1-4H3,(H,10,13). The Kier molecular flexibility index (Phi) is 6.90. The molecule has 0 fully saturated rings. The van der Waals surface area contributed by atoms with Crippen molar-refractivity contribution in [2.24, 2.45) is 0 Å². The van der Waals surface area contributed by atoms with Gasteiger partial charge in [0.05, 0.1) is 6.61 Å². The molecule has 0 aliphatic heterocycles. The maximum absolute atomic E-state index is 5.22. The second-order valence-electron chi connectivity index (χ2n) is 2.98. The maximum atomic E-state index is 5.22. The molecule has 0 aliphatic rings. The number of methoxy groups -OCH3 is 1. The first-order chi connectivity index (χ1) is 6.15. The average molecular weight is 204 g/mol. The van der Waals surface area contributed by atoms with E-state index in [1.54, 1.807) is 7.11 Å². The Morgan fingerprint density at radius 2 is 2.00 bits per heavy atom. The van der Waals surface area contributed by atoms with Crippen LogP contribution in [0.5, 0.6) is 0 Å². The smallest absolute Gasteiger partial charge is 0.169 e. The molecule has 0 amide bonds. The summed E-state index contributed by atoms with van der Waals surface area (Å²) in [6, 6.07) is 0.276. The Morgan fingerprint density at radius 1 is 1.46 bits per heavy atom. The summed E-state index contributed by atoms with van der Waals surface area (Å²) in [6.07, 6.45) is 0. The molecule has 0 saturated heterocycles. The molecule has 78 valence electrons. The van der Waals surface area contributed by atoms with Gasteiger partial charge in [-0.2, -0.15) is 0 Å². The molecule has 1 N–H and O–H groups in total. The van der Waals surface area contributed by atoms with E-state index in [0.29, 0.717) is 6.61 Å². The van der Waals surface area contributed by atoms with Gasteiger partial charge in [-0.25, -0.2) is 0 Å². The van der Waals surface area contributed by atoms with Crippen LogP contribution >= 0.6 is 12.2 Å². The summed E-state index contributed by atoms with van der Waals surface area (Å²) in [5.74, 6) is 0. The Balaban J connectivity index is 3.83. The van der Waals surface area contributed by atoms with Crippen molar-refractivity contribution in [2.75, 3.05) is 26.8 Å². The predicted octanol–water partition coefficient (Wildman–Crippen LogP) is 1.24. The third-order valence-electron chi connectivity index (χ3n) is 1.84. The topological polar surface area (TPSA) is 24.5 Å². The van der Waals surface area contributed by atoms with Crippen molar-refractivity contribution in [3.05, 3.63) is 0 Å². The van der Waals surface area contributed by atoms with E-state index >= 15 is 0 Å². The SMILES string of the molecule is CCN(CC)C(=S)NC(C)COC. The van der Waals surface area contributed by atoms with Crippen molar-refractivity contribution in [3.8, 4) is 0 Å². The summed E-state index contributed by atoms with van der Waals surface area (Å²) >= 11 is 5.22. The Labute approximate surface area is 86.4 Å². The van der Waals surface area contributed by atoms with Gasteiger partial charge >= 0.3 is 0 Å². The van der Waals surface area contributed by atoms with Gasteiger partial charge in [-0.3, -0.25) is 0 Å². The summed E-state index contributed by atoms with van der Waals surface area (Å²) in [5.41, 5.74) is 0. The molecule has 1 atom stereocenters. The normalized spacial score (nSPS) is 12.3. The third-order valence-corrected chi connectivity index (χ3v) is 2.21. The van der Waals surface area contributed by atoms with Gasteiger partial charge in [-0.15, -0.1) is 0 Å². The van der Waals surface area contributed by atoms with Gasteiger partial charge in [0.25, 0.3) is 0 Å². The van der Waals surface area contributed by atoms with E-state index in [-0.39, 0.29) is 6.04 Å². The lowest BCUT2D eigenvalue weighted by Gasteiger charge is -2.25. The van der Waals surface area contributed by atoms with Gasteiger partial charge < -0.3 is 15.0 Å². The van der Waals surface area contributed by atoms with Crippen molar-refractivity contribution in [1.29, 1.82) is 0 Å². The van der Waals surface area contributed by atoms with E-state index in [9.17, 15) is 0 Å². The molecule has 0 aliphatic carbocycles. The van der Waals surface area contributed by atoms with Crippen molar-refractivity contribution >= 4 is 17.3 Å². The summed E-state index contributed by atoms with van der Waals surface area (Å²) in [6.45, 7) is 8.82. The largest absolute Gasteiger partial charge is 0.383 e. The predicted molar refractivity (Wildman–Crippen MR) is 60.0 cm³/mol. The molecular weight excluding hydrogens is 184 g/mol. The van der Waals surface area contributed by atoms with E-state index in [1.807, 2.05) is 0 Å². The highest BCUT2D eigenvalue weighted by Gasteiger charge is 2.07. The Hall–Kier alpha value is -0.350. The molecule has 4 heteroatoms. The van der Waals surface area contributed by atoms with Gasteiger partial charge in [0, 0.05) is 26.2 Å². The van der Waals surface area contributed by atoms with E-state index in [1.165, 1.54) is 0 Å². The quantitative estimate of drug-likeness (QED) is 0.681. The van der Waals surface area contributed by atoms with Crippen LogP contribution in [0, 0.1) is 0 Å². The number of nitrogens with one attached hydrogen (secondary N) is 1. The molecular formula is C9H20N2OS. The lowest BCUT2D eigenvalue weighted by molar-refractivity contribution is 0.178. The number of ether oxygens (including phenoxy) is 1. The van der Waals surface area contributed by atoms with Crippen LogP contribution in [0.15, 0.2) is 0 Å². The van der Waals surface area contributed by atoms with Crippen LogP contribution in [-0.4, -0.2) is 42.9 Å². The second kappa shape index (κ2) is 7.09. The molecule has 0 radical (unpaired) electrons. The van der Waals surface area contributed by atoms with Gasteiger partial charge in [-0.05, 0) is 33.0 Å². The van der Waals surface area contributed by atoms with E-state index in [2.05, 4.69) is 31.0 Å². The van der Waals surface area contributed by atoms with Crippen molar-refractivity contribution in [3.63, 3.8) is 0 Å². The highest BCUT2D eigenvalue weighted by atomic mass is 32.1. The van der Waals surface area contributed by atoms with Crippen LogP contribution in [0.2, 0.25) is 0 Å². The molecule has 0 saturated carbocycles. The van der Waals surface area contributed by atoms with Crippen LogP contribution in [0.25, 0.3) is 0 Å².